The Kier molecular flexibility index (Phi) is 5.49. The van der Waals surface area contributed by atoms with E-state index in [1.165, 1.54) is 49.6 Å². The highest BCUT2D eigenvalue weighted by Crippen LogP contribution is 2.34. The quantitative estimate of drug-likeness (QED) is 0.602. The summed E-state index contributed by atoms with van der Waals surface area (Å²) >= 11 is 0. The van der Waals surface area contributed by atoms with E-state index in [0.29, 0.717) is 17.0 Å². The third-order valence-corrected chi connectivity index (χ3v) is 4.95. The van der Waals surface area contributed by atoms with E-state index in [1.807, 2.05) is 0 Å². The molecule has 1 N–H and O–H groups in total. The Hall–Kier alpha value is -4.00. The zero-order valence-electron chi connectivity index (χ0n) is 16.6. The molecule has 0 unspecified atom stereocenters. The van der Waals surface area contributed by atoms with Crippen LogP contribution in [0.1, 0.15) is 11.1 Å². The van der Waals surface area contributed by atoms with Gasteiger partial charge in [-0.3, -0.25) is 14.5 Å². The largest absolute Gasteiger partial charge is 0.495 e. The molecular formula is C24H18F2N2O3. The second kappa shape index (κ2) is 8.39. The summed E-state index contributed by atoms with van der Waals surface area (Å²) in [5.74, 6) is -1.72. The third kappa shape index (κ3) is 3.90. The highest BCUT2D eigenvalue weighted by atomic mass is 19.1. The summed E-state index contributed by atoms with van der Waals surface area (Å²) < 4.78 is 32.9. The van der Waals surface area contributed by atoms with Crippen molar-refractivity contribution in [2.75, 3.05) is 12.4 Å². The monoisotopic (exact) mass is 420 g/mol. The molecular weight excluding hydrogens is 402 g/mol. The summed E-state index contributed by atoms with van der Waals surface area (Å²) in [6, 6.07) is 18.1. The average Bonchev–Trinajstić information content (AvgIpc) is 3.00. The predicted molar refractivity (Wildman–Crippen MR) is 112 cm³/mol. The number of anilines is 1. The first kappa shape index (κ1) is 20.3. The molecule has 0 aliphatic carbocycles. The third-order valence-electron chi connectivity index (χ3n) is 4.95. The molecule has 0 saturated heterocycles. The van der Waals surface area contributed by atoms with Gasteiger partial charge in [-0.25, -0.2) is 8.78 Å². The van der Waals surface area contributed by atoms with Crippen LogP contribution in [0.3, 0.4) is 0 Å². The zero-order valence-corrected chi connectivity index (χ0v) is 16.6. The number of carbonyl (C=O) groups excluding carboxylic acids is 2. The van der Waals surface area contributed by atoms with Gasteiger partial charge in [-0.15, -0.1) is 0 Å². The molecule has 4 rings (SSSR count). The van der Waals surface area contributed by atoms with Gasteiger partial charge < -0.3 is 10.1 Å². The van der Waals surface area contributed by atoms with Crippen LogP contribution in [-0.4, -0.2) is 23.8 Å². The standard InChI is InChI=1S/C24H18F2N2O3/c1-31-20-9-5-4-8-19(20)27-22-21(15-10-12-17(25)13-11-15)23(29)28(24(22)30)14-16-6-2-3-7-18(16)26/h2-13,27H,14H2,1H3. The van der Waals surface area contributed by atoms with Gasteiger partial charge in [-0.1, -0.05) is 42.5 Å². The molecule has 0 fully saturated rings. The number of amides is 2. The first-order valence-corrected chi connectivity index (χ1v) is 9.49. The molecule has 7 heteroatoms. The van der Waals surface area contributed by atoms with Gasteiger partial charge in [0.15, 0.2) is 0 Å². The fraction of sp³-hybridized carbons (Fsp3) is 0.0833. The molecule has 3 aromatic carbocycles. The van der Waals surface area contributed by atoms with Crippen molar-refractivity contribution in [3.8, 4) is 5.75 Å². The number of benzene rings is 3. The number of methoxy groups -OCH3 is 1. The minimum absolute atomic E-state index is 0.0115. The number of ether oxygens (including phenoxy) is 1. The van der Waals surface area contributed by atoms with Crippen molar-refractivity contribution >= 4 is 23.1 Å². The Morgan fingerprint density at radius 3 is 2.26 bits per heavy atom. The van der Waals surface area contributed by atoms with E-state index in [2.05, 4.69) is 5.32 Å². The smallest absolute Gasteiger partial charge is 0.278 e. The SMILES string of the molecule is COc1ccccc1NC1=C(c2ccc(F)cc2)C(=O)N(Cc2ccccc2F)C1=O. The Bertz CT molecular complexity index is 1190. The van der Waals surface area contributed by atoms with Crippen molar-refractivity contribution in [2.45, 2.75) is 6.54 Å². The highest BCUT2D eigenvalue weighted by molar-refractivity contribution is 6.36. The van der Waals surface area contributed by atoms with Crippen LogP contribution in [0.15, 0.2) is 78.5 Å². The minimum Gasteiger partial charge on any atom is -0.495 e. The van der Waals surface area contributed by atoms with Gasteiger partial charge in [-0.2, -0.15) is 0 Å². The van der Waals surface area contributed by atoms with Crippen LogP contribution in [0.4, 0.5) is 14.5 Å². The summed E-state index contributed by atoms with van der Waals surface area (Å²) in [4.78, 5) is 27.4. The molecule has 0 bridgehead atoms. The molecule has 0 atom stereocenters. The normalized spacial score (nSPS) is 13.7. The fourth-order valence-electron chi connectivity index (χ4n) is 3.40. The number of rotatable bonds is 6. The second-order valence-electron chi connectivity index (χ2n) is 6.87. The number of hydrogen-bond donors (Lipinski definition) is 1. The summed E-state index contributed by atoms with van der Waals surface area (Å²) in [6.07, 6.45) is 0. The molecule has 1 aliphatic rings. The highest BCUT2D eigenvalue weighted by Gasteiger charge is 2.39. The molecule has 156 valence electrons. The lowest BCUT2D eigenvalue weighted by Crippen LogP contribution is -2.32. The van der Waals surface area contributed by atoms with Crippen LogP contribution >= 0.6 is 0 Å². The first-order valence-electron chi connectivity index (χ1n) is 9.49. The van der Waals surface area contributed by atoms with E-state index in [0.717, 1.165) is 4.90 Å². The maximum absolute atomic E-state index is 14.2. The number of nitrogens with one attached hydrogen (secondary N) is 1. The lowest BCUT2D eigenvalue weighted by atomic mass is 10.0. The zero-order chi connectivity index (χ0) is 22.0. The molecule has 1 aliphatic heterocycles. The number of imide groups is 1. The van der Waals surface area contributed by atoms with E-state index in [-0.39, 0.29) is 23.4 Å². The van der Waals surface area contributed by atoms with Crippen LogP contribution in [0.25, 0.3) is 5.57 Å². The number of halogens is 2. The van der Waals surface area contributed by atoms with Gasteiger partial charge in [0, 0.05) is 5.56 Å². The van der Waals surface area contributed by atoms with Crippen LogP contribution in [-0.2, 0) is 16.1 Å². The van der Waals surface area contributed by atoms with Crippen molar-refractivity contribution in [3.63, 3.8) is 0 Å². The maximum Gasteiger partial charge on any atom is 0.278 e. The fourth-order valence-corrected chi connectivity index (χ4v) is 3.40. The van der Waals surface area contributed by atoms with Crippen molar-refractivity contribution in [1.82, 2.24) is 4.90 Å². The Morgan fingerprint density at radius 2 is 1.55 bits per heavy atom. The minimum atomic E-state index is -0.613. The predicted octanol–water partition coefficient (Wildman–Crippen LogP) is 4.37. The molecule has 5 nitrogen and oxygen atoms in total. The Labute approximate surface area is 177 Å². The Balaban J connectivity index is 1.77. The van der Waals surface area contributed by atoms with Crippen LogP contribution in [0, 0.1) is 11.6 Å². The van der Waals surface area contributed by atoms with E-state index >= 15 is 0 Å². The van der Waals surface area contributed by atoms with Crippen molar-refractivity contribution in [2.24, 2.45) is 0 Å². The molecule has 2 amide bonds. The Morgan fingerprint density at radius 1 is 0.871 bits per heavy atom. The number of nitrogens with zero attached hydrogens (tertiary/aromatic N) is 1. The molecule has 0 spiro atoms. The van der Waals surface area contributed by atoms with E-state index in [4.69, 9.17) is 4.74 Å². The molecule has 1 heterocycles. The second-order valence-corrected chi connectivity index (χ2v) is 6.87. The van der Waals surface area contributed by atoms with Gasteiger partial charge in [0.2, 0.25) is 0 Å². The van der Waals surface area contributed by atoms with E-state index in [1.54, 1.807) is 30.3 Å². The molecule has 31 heavy (non-hydrogen) atoms. The van der Waals surface area contributed by atoms with E-state index in [9.17, 15) is 18.4 Å². The van der Waals surface area contributed by atoms with Gasteiger partial charge in [0.1, 0.15) is 23.1 Å². The summed E-state index contributed by atoms with van der Waals surface area (Å²) in [5, 5.41) is 2.99. The van der Waals surface area contributed by atoms with Crippen LogP contribution in [0.2, 0.25) is 0 Å². The summed E-state index contributed by atoms with van der Waals surface area (Å²) in [7, 11) is 1.49. The maximum atomic E-state index is 14.2. The van der Waals surface area contributed by atoms with Crippen molar-refractivity contribution in [1.29, 1.82) is 0 Å². The average molecular weight is 420 g/mol. The molecule has 0 radical (unpaired) electrons. The summed E-state index contributed by atoms with van der Waals surface area (Å²) in [5.41, 5.74) is 1.15. The van der Waals surface area contributed by atoms with Crippen molar-refractivity contribution < 1.29 is 23.1 Å². The molecule has 3 aromatic rings. The lowest BCUT2D eigenvalue weighted by Gasteiger charge is -2.16. The number of carbonyl (C=O) groups is 2. The van der Waals surface area contributed by atoms with Crippen molar-refractivity contribution in [3.05, 3.63) is 101 Å². The van der Waals surface area contributed by atoms with Crippen LogP contribution < -0.4 is 10.1 Å². The first-order chi connectivity index (χ1) is 15.0. The van der Waals surface area contributed by atoms with Gasteiger partial charge in [-0.05, 0) is 35.9 Å². The number of hydrogen-bond acceptors (Lipinski definition) is 4. The van der Waals surface area contributed by atoms with Gasteiger partial charge in [0.25, 0.3) is 11.8 Å². The molecule has 0 aromatic heterocycles. The summed E-state index contributed by atoms with van der Waals surface area (Å²) in [6.45, 7) is -0.230. The number of para-hydroxylation sites is 2. The molecule has 0 saturated carbocycles. The lowest BCUT2D eigenvalue weighted by molar-refractivity contribution is -0.137. The van der Waals surface area contributed by atoms with Crippen LogP contribution in [0.5, 0.6) is 5.75 Å². The topological polar surface area (TPSA) is 58.6 Å². The van der Waals surface area contributed by atoms with Gasteiger partial charge >= 0.3 is 0 Å². The van der Waals surface area contributed by atoms with Gasteiger partial charge in [0.05, 0.1) is 24.9 Å². The van der Waals surface area contributed by atoms with E-state index < -0.39 is 23.4 Å².